The van der Waals surface area contributed by atoms with E-state index in [4.69, 9.17) is 0 Å². The van der Waals surface area contributed by atoms with E-state index in [-0.39, 0.29) is 24.1 Å². The summed E-state index contributed by atoms with van der Waals surface area (Å²) in [7, 11) is 0. The molecule has 142 valence electrons. The van der Waals surface area contributed by atoms with Gasteiger partial charge in [-0.25, -0.2) is 4.39 Å². The maximum Gasteiger partial charge on any atom is 0.251 e. The van der Waals surface area contributed by atoms with E-state index in [0.29, 0.717) is 12.1 Å². The Balaban J connectivity index is 1.66. The molecule has 0 fully saturated rings. The van der Waals surface area contributed by atoms with E-state index < -0.39 is 6.04 Å². The average molecular weight is 376 g/mol. The Morgan fingerprint density at radius 2 is 1.43 bits per heavy atom. The molecule has 3 aromatic rings. The first-order valence-corrected chi connectivity index (χ1v) is 9.04. The number of hydrogen-bond acceptors (Lipinski definition) is 2. The first-order chi connectivity index (χ1) is 13.6. The first-order valence-electron chi connectivity index (χ1n) is 9.04. The van der Waals surface area contributed by atoms with E-state index in [1.807, 2.05) is 36.4 Å². The van der Waals surface area contributed by atoms with E-state index in [9.17, 15) is 14.0 Å². The SMILES string of the molecule is O=C(C[C@H](NC(=O)c1ccccc1)c1ccccc1)NCc1ccc(F)cc1. The van der Waals surface area contributed by atoms with Gasteiger partial charge >= 0.3 is 0 Å². The van der Waals surface area contributed by atoms with Gasteiger partial charge in [0, 0.05) is 12.1 Å². The predicted octanol–water partition coefficient (Wildman–Crippen LogP) is 4.00. The molecule has 28 heavy (non-hydrogen) atoms. The second-order valence-corrected chi connectivity index (χ2v) is 6.41. The highest BCUT2D eigenvalue weighted by atomic mass is 19.1. The van der Waals surface area contributed by atoms with E-state index in [0.717, 1.165) is 11.1 Å². The molecule has 2 N–H and O–H groups in total. The van der Waals surface area contributed by atoms with Gasteiger partial charge in [0.25, 0.3) is 5.91 Å². The fourth-order valence-corrected chi connectivity index (χ4v) is 2.83. The molecule has 0 saturated heterocycles. The number of benzene rings is 3. The lowest BCUT2D eigenvalue weighted by molar-refractivity contribution is -0.121. The van der Waals surface area contributed by atoms with Gasteiger partial charge in [-0.1, -0.05) is 60.7 Å². The molecule has 0 spiro atoms. The second kappa shape index (κ2) is 9.46. The molecule has 0 bridgehead atoms. The first kappa shape index (κ1) is 19.3. The van der Waals surface area contributed by atoms with Crippen molar-refractivity contribution >= 4 is 11.8 Å². The summed E-state index contributed by atoms with van der Waals surface area (Å²) in [5, 5.41) is 5.76. The minimum absolute atomic E-state index is 0.101. The van der Waals surface area contributed by atoms with Crippen LogP contribution in [0.15, 0.2) is 84.9 Å². The van der Waals surface area contributed by atoms with Crippen molar-refractivity contribution in [3.8, 4) is 0 Å². The Hall–Kier alpha value is -3.47. The normalized spacial score (nSPS) is 11.5. The monoisotopic (exact) mass is 376 g/mol. The van der Waals surface area contributed by atoms with Gasteiger partial charge in [-0.15, -0.1) is 0 Å². The standard InChI is InChI=1S/C23H21FN2O2/c24-20-13-11-17(12-14-20)16-25-22(27)15-21(18-7-3-1-4-8-18)26-23(28)19-9-5-2-6-10-19/h1-14,21H,15-16H2,(H,25,27)(H,26,28)/t21-/m0/s1. The minimum Gasteiger partial charge on any atom is -0.352 e. The number of carbonyl (C=O) groups is 2. The molecule has 0 saturated carbocycles. The van der Waals surface area contributed by atoms with E-state index in [1.165, 1.54) is 12.1 Å². The topological polar surface area (TPSA) is 58.2 Å². The Morgan fingerprint density at radius 3 is 2.07 bits per heavy atom. The molecular formula is C23H21FN2O2. The van der Waals surface area contributed by atoms with Crippen molar-refractivity contribution in [2.45, 2.75) is 19.0 Å². The highest BCUT2D eigenvalue weighted by molar-refractivity contribution is 5.94. The number of nitrogens with one attached hydrogen (secondary N) is 2. The summed E-state index contributed by atoms with van der Waals surface area (Å²) in [5.41, 5.74) is 2.19. The molecule has 5 heteroatoms. The van der Waals surface area contributed by atoms with Gasteiger partial charge in [0.2, 0.25) is 5.91 Å². The summed E-state index contributed by atoms with van der Waals surface area (Å²) in [6.07, 6.45) is 0.101. The number of carbonyl (C=O) groups excluding carboxylic acids is 2. The van der Waals surface area contributed by atoms with Gasteiger partial charge in [-0.05, 0) is 35.4 Å². The molecule has 0 aliphatic rings. The summed E-state index contributed by atoms with van der Waals surface area (Å²) in [6.45, 7) is 0.299. The quantitative estimate of drug-likeness (QED) is 0.655. The molecule has 0 unspecified atom stereocenters. The number of halogens is 1. The summed E-state index contributed by atoms with van der Waals surface area (Å²) in [5.74, 6) is -0.754. The molecule has 1 atom stereocenters. The van der Waals surface area contributed by atoms with Crippen molar-refractivity contribution in [1.82, 2.24) is 10.6 Å². The van der Waals surface area contributed by atoms with Crippen molar-refractivity contribution in [1.29, 1.82) is 0 Å². The van der Waals surface area contributed by atoms with E-state index >= 15 is 0 Å². The Bertz CT molecular complexity index is 912. The Labute approximate surface area is 163 Å². The Morgan fingerprint density at radius 1 is 0.821 bits per heavy atom. The molecule has 0 aliphatic carbocycles. The lowest BCUT2D eigenvalue weighted by Gasteiger charge is -2.19. The molecule has 0 heterocycles. The average Bonchev–Trinajstić information content (AvgIpc) is 2.74. The van der Waals surface area contributed by atoms with E-state index in [2.05, 4.69) is 10.6 Å². The van der Waals surface area contributed by atoms with E-state index in [1.54, 1.807) is 36.4 Å². The maximum atomic E-state index is 13.0. The van der Waals surface area contributed by atoms with Crippen molar-refractivity contribution in [3.05, 3.63) is 107 Å². The van der Waals surface area contributed by atoms with Crippen LogP contribution in [0.3, 0.4) is 0 Å². The maximum absolute atomic E-state index is 13.0. The molecular weight excluding hydrogens is 355 g/mol. The molecule has 0 aromatic heterocycles. The van der Waals surface area contributed by atoms with Crippen LogP contribution < -0.4 is 10.6 Å². The fraction of sp³-hybridized carbons (Fsp3) is 0.130. The van der Waals surface area contributed by atoms with Gasteiger partial charge in [-0.2, -0.15) is 0 Å². The van der Waals surface area contributed by atoms with Gasteiger partial charge in [0.05, 0.1) is 12.5 Å². The molecule has 2 amide bonds. The molecule has 0 radical (unpaired) electrons. The lowest BCUT2D eigenvalue weighted by atomic mass is 10.0. The molecule has 3 rings (SSSR count). The van der Waals surface area contributed by atoms with Crippen LogP contribution in [-0.2, 0) is 11.3 Å². The van der Waals surface area contributed by atoms with Crippen LogP contribution in [0.2, 0.25) is 0 Å². The highest BCUT2D eigenvalue weighted by Gasteiger charge is 2.19. The zero-order chi connectivity index (χ0) is 19.8. The van der Waals surface area contributed by atoms with Gasteiger partial charge < -0.3 is 10.6 Å². The van der Waals surface area contributed by atoms with Crippen LogP contribution >= 0.6 is 0 Å². The summed E-state index contributed by atoms with van der Waals surface area (Å²) >= 11 is 0. The largest absolute Gasteiger partial charge is 0.352 e. The van der Waals surface area contributed by atoms with Crippen molar-refractivity contribution in [3.63, 3.8) is 0 Å². The number of hydrogen-bond donors (Lipinski definition) is 2. The number of rotatable bonds is 7. The van der Waals surface area contributed by atoms with Crippen LogP contribution in [0.25, 0.3) is 0 Å². The predicted molar refractivity (Wildman–Crippen MR) is 106 cm³/mol. The van der Waals surface area contributed by atoms with Crippen LogP contribution in [0, 0.1) is 5.82 Å². The van der Waals surface area contributed by atoms with Crippen LogP contribution in [0.5, 0.6) is 0 Å². The van der Waals surface area contributed by atoms with Crippen molar-refractivity contribution in [2.75, 3.05) is 0 Å². The minimum atomic E-state index is -0.456. The van der Waals surface area contributed by atoms with Crippen LogP contribution in [-0.4, -0.2) is 11.8 Å². The van der Waals surface area contributed by atoms with Gasteiger partial charge in [0.1, 0.15) is 5.82 Å². The molecule has 3 aromatic carbocycles. The zero-order valence-corrected chi connectivity index (χ0v) is 15.3. The molecule has 0 aliphatic heterocycles. The van der Waals surface area contributed by atoms with Crippen molar-refractivity contribution < 1.29 is 14.0 Å². The third-order valence-corrected chi connectivity index (χ3v) is 4.34. The highest BCUT2D eigenvalue weighted by Crippen LogP contribution is 2.17. The molecule has 4 nitrogen and oxygen atoms in total. The van der Waals surface area contributed by atoms with Crippen LogP contribution in [0.4, 0.5) is 4.39 Å². The summed E-state index contributed by atoms with van der Waals surface area (Å²) in [4.78, 5) is 25.0. The zero-order valence-electron chi connectivity index (χ0n) is 15.3. The van der Waals surface area contributed by atoms with Gasteiger partial charge in [-0.3, -0.25) is 9.59 Å². The summed E-state index contributed by atoms with van der Waals surface area (Å²) < 4.78 is 13.0. The van der Waals surface area contributed by atoms with Gasteiger partial charge in [0.15, 0.2) is 0 Å². The third-order valence-electron chi connectivity index (χ3n) is 4.34. The third kappa shape index (κ3) is 5.51. The lowest BCUT2D eigenvalue weighted by Crippen LogP contribution is -2.33. The van der Waals surface area contributed by atoms with Crippen LogP contribution in [0.1, 0.15) is 33.9 Å². The Kier molecular flexibility index (Phi) is 6.52. The fourth-order valence-electron chi connectivity index (χ4n) is 2.83. The van der Waals surface area contributed by atoms with Crippen molar-refractivity contribution in [2.24, 2.45) is 0 Å². The number of amides is 2. The smallest absolute Gasteiger partial charge is 0.251 e. The summed E-state index contributed by atoms with van der Waals surface area (Å²) in [6, 6.07) is 23.8. The second-order valence-electron chi connectivity index (χ2n) is 6.41.